The van der Waals surface area contributed by atoms with Gasteiger partial charge in [0.2, 0.25) is 0 Å². The second-order valence-corrected chi connectivity index (χ2v) is 5.03. The van der Waals surface area contributed by atoms with Gasteiger partial charge >= 0.3 is 0 Å². The second-order valence-electron chi connectivity index (χ2n) is 4.62. The van der Waals surface area contributed by atoms with Crippen molar-refractivity contribution in [1.29, 1.82) is 0 Å². The van der Waals surface area contributed by atoms with Crippen LogP contribution in [-0.2, 0) is 0 Å². The first-order valence-corrected chi connectivity index (χ1v) is 7.03. The molecule has 114 valence electrons. The standard InChI is InChI=1S/C16H17N3O2S/c1-11-4-3-5-13(8-11)18-16(22)19-17-10-12-9-14(21-2)6-7-15(12)20/h3-10,20H,1-2H3,(H2,18,19,22)/b17-10+. The summed E-state index contributed by atoms with van der Waals surface area (Å²) < 4.78 is 5.10. The third-order valence-electron chi connectivity index (χ3n) is 2.88. The smallest absolute Gasteiger partial charge is 0.191 e. The molecule has 0 aliphatic rings. The predicted molar refractivity (Wildman–Crippen MR) is 92.8 cm³/mol. The molecule has 0 aliphatic carbocycles. The zero-order chi connectivity index (χ0) is 15.9. The molecule has 0 radical (unpaired) electrons. The van der Waals surface area contributed by atoms with Crippen molar-refractivity contribution < 1.29 is 9.84 Å². The zero-order valence-corrected chi connectivity index (χ0v) is 13.1. The minimum atomic E-state index is 0.115. The van der Waals surface area contributed by atoms with Crippen LogP contribution in [0.4, 0.5) is 5.69 Å². The van der Waals surface area contributed by atoms with Gasteiger partial charge in [0.1, 0.15) is 11.5 Å². The molecule has 0 saturated carbocycles. The minimum Gasteiger partial charge on any atom is -0.507 e. The molecule has 0 amide bonds. The number of nitrogens with one attached hydrogen (secondary N) is 2. The molecule has 0 atom stereocenters. The number of aryl methyl sites for hydroxylation is 1. The van der Waals surface area contributed by atoms with E-state index in [9.17, 15) is 5.11 Å². The number of phenolic OH excluding ortho intramolecular Hbond substituents is 1. The van der Waals surface area contributed by atoms with E-state index < -0.39 is 0 Å². The van der Waals surface area contributed by atoms with Gasteiger partial charge in [0.15, 0.2) is 5.11 Å². The van der Waals surface area contributed by atoms with Crippen LogP contribution in [0.5, 0.6) is 11.5 Å². The van der Waals surface area contributed by atoms with Crippen molar-refractivity contribution in [3.63, 3.8) is 0 Å². The van der Waals surface area contributed by atoms with Gasteiger partial charge in [-0.1, -0.05) is 12.1 Å². The monoisotopic (exact) mass is 315 g/mol. The first-order chi connectivity index (χ1) is 10.6. The number of ether oxygens (including phenoxy) is 1. The molecule has 2 rings (SSSR count). The Morgan fingerprint density at radius 2 is 2.09 bits per heavy atom. The topological polar surface area (TPSA) is 65.9 Å². The number of methoxy groups -OCH3 is 1. The molecular formula is C16H17N3O2S. The van der Waals surface area contributed by atoms with Gasteiger partial charge in [0.05, 0.1) is 13.3 Å². The normalized spacial score (nSPS) is 10.5. The Bertz CT molecular complexity index is 702. The number of benzene rings is 2. The van der Waals surface area contributed by atoms with Crippen LogP contribution in [0.15, 0.2) is 47.6 Å². The zero-order valence-electron chi connectivity index (χ0n) is 12.3. The van der Waals surface area contributed by atoms with E-state index in [2.05, 4.69) is 15.8 Å². The fourth-order valence-electron chi connectivity index (χ4n) is 1.81. The van der Waals surface area contributed by atoms with Crippen LogP contribution in [0, 0.1) is 6.92 Å². The quantitative estimate of drug-likeness (QED) is 0.460. The summed E-state index contributed by atoms with van der Waals surface area (Å²) in [6, 6.07) is 12.7. The van der Waals surface area contributed by atoms with E-state index >= 15 is 0 Å². The van der Waals surface area contributed by atoms with E-state index in [1.807, 2.05) is 31.2 Å². The Labute approximate surface area is 134 Å². The Hall–Kier alpha value is -2.60. The second kappa shape index (κ2) is 7.42. The van der Waals surface area contributed by atoms with Crippen LogP contribution in [-0.4, -0.2) is 23.5 Å². The molecule has 2 aromatic carbocycles. The number of nitrogens with zero attached hydrogens (tertiary/aromatic N) is 1. The molecular weight excluding hydrogens is 298 g/mol. The van der Waals surface area contributed by atoms with Crippen molar-refractivity contribution in [2.75, 3.05) is 12.4 Å². The molecule has 2 aromatic rings. The highest BCUT2D eigenvalue weighted by Crippen LogP contribution is 2.20. The maximum atomic E-state index is 9.74. The van der Waals surface area contributed by atoms with Crippen molar-refractivity contribution in [3.05, 3.63) is 53.6 Å². The molecule has 0 saturated heterocycles. The minimum absolute atomic E-state index is 0.115. The van der Waals surface area contributed by atoms with E-state index in [-0.39, 0.29) is 5.75 Å². The predicted octanol–water partition coefficient (Wildman–Crippen LogP) is 3.03. The van der Waals surface area contributed by atoms with Crippen molar-refractivity contribution in [2.24, 2.45) is 5.10 Å². The van der Waals surface area contributed by atoms with Crippen LogP contribution in [0.3, 0.4) is 0 Å². The Balaban J connectivity index is 1.96. The maximum absolute atomic E-state index is 9.74. The average molecular weight is 315 g/mol. The summed E-state index contributed by atoms with van der Waals surface area (Å²) in [5.41, 5.74) is 5.26. The van der Waals surface area contributed by atoms with Crippen molar-refractivity contribution in [1.82, 2.24) is 5.43 Å². The third-order valence-corrected chi connectivity index (χ3v) is 3.07. The third kappa shape index (κ3) is 4.46. The molecule has 0 bridgehead atoms. The molecule has 6 heteroatoms. The van der Waals surface area contributed by atoms with Gasteiger partial charge in [-0.3, -0.25) is 5.43 Å². The van der Waals surface area contributed by atoms with Crippen LogP contribution in [0.1, 0.15) is 11.1 Å². The van der Waals surface area contributed by atoms with Gasteiger partial charge in [-0.25, -0.2) is 0 Å². The summed E-state index contributed by atoms with van der Waals surface area (Å²) in [5, 5.41) is 17.1. The van der Waals surface area contributed by atoms with Crippen LogP contribution in [0.2, 0.25) is 0 Å². The first-order valence-electron chi connectivity index (χ1n) is 6.62. The lowest BCUT2D eigenvalue weighted by Gasteiger charge is -2.07. The Morgan fingerprint density at radius 3 is 2.82 bits per heavy atom. The molecule has 0 aromatic heterocycles. The molecule has 5 nitrogen and oxygen atoms in total. The van der Waals surface area contributed by atoms with E-state index in [4.69, 9.17) is 17.0 Å². The lowest BCUT2D eigenvalue weighted by atomic mass is 10.2. The van der Waals surface area contributed by atoms with Crippen LogP contribution < -0.4 is 15.5 Å². The average Bonchev–Trinajstić information content (AvgIpc) is 2.49. The highest BCUT2D eigenvalue weighted by molar-refractivity contribution is 7.80. The molecule has 22 heavy (non-hydrogen) atoms. The van der Waals surface area contributed by atoms with Crippen LogP contribution >= 0.6 is 12.2 Å². The summed E-state index contributed by atoms with van der Waals surface area (Å²) in [6.07, 6.45) is 1.47. The summed E-state index contributed by atoms with van der Waals surface area (Å²) in [7, 11) is 1.56. The number of thiocarbonyl (C=S) groups is 1. The number of hydrazone groups is 1. The number of phenols is 1. The van der Waals surface area contributed by atoms with E-state index in [1.54, 1.807) is 25.3 Å². The van der Waals surface area contributed by atoms with Crippen molar-refractivity contribution in [3.8, 4) is 11.5 Å². The SMILES string of the molecule is COc1ccc(O)c(/C=N/NC(=S)Nc2cccc(C)c2)c1. The Kier molecular flexibility index (Phi) is 5.32. The largest absolute Gasteiger partial charge is 0.507 e. The maximum Gasteiger partial charge on any atom is 0.191 e. The van der Waals surface area contributed by atoms with Crippen LogP contribution in [0.25, 0.3) is 0 Å². The number of anilines is 1. The first kappa shape index (κ1) is 15.8. The number of aromatic hydroxyl groups is 1. The summed E-state index contributed by atoms with van der Waals surface area (Å²) in [4.78, 5) is 0. The fraction of sp³-hybridized carbons (Fsp3) is 0.125. The highest BCUT2D eigenvalue weighted by Gasteiger charge is 2.01. The van der Waals surface area contributed by atoms with Gasteiger partial charge in [0, 0.05) is 11.3 Å². The summed E-state index contributed by atoms with van der Waals surface area (Å²) in [5.74, 6) is 0.753. The summed E-state index contributed by atoms with van der Waals surface area (Å²) in [6.45, 7) is 2.01. The molecule has 0 fully saturated rings. The van der Waals surface area contributed by atoms with Gasteiger partial charge < -0.3 is 15.2 Å². The Morgan fingerprint density at radius 1 is 1.27 bits per heavy atom. The van der Waals surface area contributed by atoms with E-state index in [0.717, 1.165) is 11.3 Å². The van der Waals surface area contributed by atoms with E-state index in [0.29, 0.717) is 16.4 Å². The van der Waals surface area contributed by atoms with Crippen molar-refractivity contribution >= 4 is 29.2 Å². The summed E-state index contributed by atoms with van der Waals surface area (Å²) >= 11 is 5.15. The van der Waals surface area contributed by atoms with Gasteiger partial charge in [-0.15, -0.1) is 0 Å². The lowest BCUT2D eigenvalue weighted by molar-refractivity contribution is 0.412. The molecule has 3 N–H and O–H groups in total. The molecule has 0 unspecified atom stereocenters. The number of hydrogen-bond donors (Lipinski definition) is 3. The highest BCUT2D eigenvalue weighted by atomic mass is 32.1. The number of rotatable bonds is 4. The van der Waals surface area contributed by atoms with Gasteiger partial charge in [-0.2, -0.15) is 5.10 Å². The van der Waals surface area contributed by atoms with Crippen molar-refractivity contribution in [2.45, 2.75) is 6.92 Å². The molecule has 0 aliphatic heterocycles. The molecule has 0 heterocycles. The van der Waals surface area contributed by atoms with E-state index in [1.165, 1.54) is 6.21 Å². The molecule has 0 spiro atoms. The lowest BCUT2D eigenvalue weighted by Crippen LogP contribution is -2.23. The number of hydrogen-bond acceptors (Lipinski definition) is 4. The van der Waals surface area contributed by atoms with Gasteiger partial charge in [0.25, 0.3) is 0 Å². The fourth-order valence-corrected chi connectivity index (χ4v) is 1.98. The van der Waals surface area contributed by atoms with Gasteiger partial charge in [-0.05, 0) is 55.0 Å².